The summed E-state index contributed by atoms with van der Waals surface area (Å²) >= 11 is 0. The van der Waals surface area contributed by atoms with E-state index >= 15 is 4.39 Å². The Labute approximate surface area is 251 Å². The molecule has 10 heteroatoms. The predicted octanol–water partition coefficient (Wildman–Crippen LogP) is 4.25. The van der Waals surface area contributed by atoms with Crippen molar-refractivity contribution in [1.29, 1.82) is 0 Å². The maximum absolute atomic E-state index is 15.2. The van der Waals surface area contributed by atoms with Crippen LogP contribution in [0.2, 0.25) is 0 Å². The van der Waals surface area contributed by atoms with Crippen molar-refractivity contribution in [3.8, 4) is 0 Å². The molecule has 2 saturated heterocycles. The van der Waals surface area contributed by atoms with Crippen molar-refractivity contribution in [3.63, 3.8) is 0 Å². The molecule has 2 heterocycles. The van der Waals surface area contributed by atoms with Gasteiger partial charge in [0, 0.05) is 42.3 Å². The molecule has 0 aromatic heterocycles. The number of amides is 1. The van der Waals surface area contributed by atoms with E-state index in [4.69, 9.17) is 5.73 Å². The first-order valence-corrected chi connectivity index (χ1v) is 16.7. The lowest BCUT2D eigenvalue weighted by molar-refractivity contribution is -0.117. The summed E-state index contributed by atoms with van der Waals surface area (Å²) < 4.78 is 56.4. The van der Waals surface area contributed by atoms with Crippen LogP contribution in [0.5, 0.6) is 0 Å². The van der Waals surface area contributed by atoms with Crippen LogP contribution in [0, 0.1) is 11.6 Å². The van der Waals surface area contributed by atoms with E-state index in [9.17, 15) is 17.6 Å². The molecule has 4 N–H and O–H groups in total. The number of nitrogens with one attached hydrogen (secondary N) is 2. The Hall–Kier alpha value is -3.18. The number of sulfonamides is 1. The van der Waals surface area contributed by atoms with Crippen LogP contribution in [-0.4, -0.2) is 55.6 Å². The second-order valence-electron chi connectivity index (χ2n) is 12.0. The number of carbonyl (C=O) groups is 1. The molecule has 0 spiro atoms. The number of carbonyl (C=O) groups excluding carboxylic acids is 1. The van der Waals surface area contributed by atoms with E-state index in [2.05, 4.69) is 22.8 Å². The molecule has 1 amide bonds. The Morgan fingerprint density at radius 2 is 1.79 bits per heavy atom. The fourth-order valence-corrected chi connectivity index (χ4v) is 8.72. The molecule has 0 saturated carbocycles. The van der Waals surface area contributed by atoms with E-state index in [1.807, 2.05) is 6.07 Å². The molecule has 0 radical (unpaired) electrons. The van der Waals surface area contributed by atoms with Gasteiger partial charge in [-0.15, -0.1) is 0 Å². The largest absolute Gasteiger partial charge is 0.324 e. The van der Waals surface area contributed by atoms with Gasteiger partial charge in [0.25, 0.3) is 0 Å². The molecule has 3 aromatic rings. The van der Waals surface area contributed by atoms with Gasteiger partial charge in [0.1, 0.15) is 11.6 Å². The average molecular weight is 609 g/mol. The van der Waals surface area contributed by atoms with Gasteiger partial charge in [-0.05, 0) is 91.5 Å². The number of anilines is 1. The SMILES string of the molecule is N[C@H](C(=O)Nc1cccc(F)c1CCC1CNC2CCCS(=O)(=O)N1C2)[C@@H](c1ccc(F)cc1)c1ccc2c(c1)CCC2. The molecule has 6 rings (SSSR count). The lowest BCUT2D eigenvalue weighted by atomic mass is 9.83. The third-order valence-electron chi connectivity index (χ3n) is 9.24. The summed E-state index contributed by atoms with van der Waals surface area (Å²) in [7, 11) is -3.37. The zero-order valence-corrected chi connectivity index (χ0v) is 24.9. The van der Waals surface area contributed by atoms with Gasteiger partial charge in [-0.25, -0.2) is 17.2 Å². The molecule has 43 heavy (non-hydrogen) atoms. The summed E-state index contributed by atoms with van der Waals surface area (Å²) in [5.74, 6) is -1.76. The maximum atomic E-state index is 15.2. The van der Waals surface area contributed by atoms with Gasteiger partial charge in [0.15, 0.2) is 0 Å². The third kappa shape index (κ3) is 6.38. The van der Waals surface area contributed by atoms with E-state index in [0.717, 1.165) is 31.2 Å². The highest BCUT2D eigenvalue weighted by Gasteiger charge is 2.38. The number of fused-ring (bicyclic) bond motifs is 3. The highest BCUT2D eigenvalue weighted by Crippen LogP contribution is 2.33. The van der Waals surface area contributed by atoms with Crippen LogP contribution in [0.25, 0.3) is 0 Å². The fraction of sp³-hybridized carbons (Fsp3) is 0.424. The van der Waals surface area contributed by atoms with E-state index in [-0.39, 0.29) is 30.1 Å². The van der Waals surface area contributed by atoms with Crippen molar-refractivity contribution in [1.82, 2.24) is 9.62 Å². The van der Waals surface area contributed by atoms with Crippen LogP contribution in [0.3, 0.4) is 0 Å². The number of hydrogen-bond donors (Lipinski definition) is 3. The van der Waals surface area contributed by atoms with Gasteiger partial charge in [-0.1, -0.05) is 36.4 Å². The summed E-state index contributed by atoms with van der Waals surface area (Å²) in [6.45, 7) is 0.932. The van der Waals surface area contributed by atoms with Crippen molar-refractivity contribution in [2.45, 2.75) is 69.0 Å². The smallest absolute Gasteiger partial charge is 0.242 e. The summed E-state index contributed by atoms with van der Waals surface area (Å²) in [6.07, 6.45) is 5.15. The van der Waals surface area contributed by atoms with E-state index < -0.39 is 33.7 Å². The number of halogens is 2. The van der Waals surface area contributed by atoms with Crippen LogP contribution < -0.4 is 16.4 Å². The van der Waals surface area contributed by atoms with Crippen molar-refractivity contribution in [3.05, 3.63) is 100 Å². The van der Waals surface area contributed by atoms with Gasteiger partial charge in [0.05, 0.1) is 11.8 Å². The van der Waals surface area contributed by atoms with Gasteiger partial charge < -0.3 is 16.4 Å². The molecule has 3 aromatic carbocycles. The zero-order chi connectivity index (χ0) is 30.1. The predicted molar refractivity (Wildman–Crippen MR) is 163 cm³/mol. The number of piperazine rings is 1. The Morgan fingerprint density at radius 1 is 1.02 bits per heavy atom. The maximum Gasteiger partial charge on any atom is 0.242 e. The minimum absolute atomic E-state index is 0.125. The topological polar surface area (TPSA) is 105 Å². The molecule has 5 atom stereocenters. The molecule has 3 aliphatic rings. The van der Waals surface area contributed by atoms with Gasteiger partial charge in [-0.3, -0.25) is 4.79 Å². The van der Waals surface area contributed by atoms with E-state index in [1.165, 1.54) is 35.4 Å². The number of benzene rings is 3. The Kier molecular flexibility index (Phi) is 8.64. The number of rotatable bonds is 8. The monoisotopic (exact) mass is 608 g/mol. The Morgan fingerprint density at radius 3 is 2.60 bits per heavy atom. The minimum Gasteiger partial charge on any atom is -0.324 e. The molecule has 7 nitrogen and oxygen atoms in total. The second-order valence-corrected chi connectivity index (χ2v) is 14.1. The first-order valence-electron chi connectivity index (χ1n) is 15.1. The summed E-state index contributed by atoms with van der Waals surface area (Å²) in [5, 5.41) is 6.31. The second kappa shape index (κ2) is 12.4. The molecule has 2 bridgehead atoms. The summed E-state index contributed by atoms with van der Waals surface area (Å²) in [5.41, 5.74) is 11.4. The standard InChI is InChI=1S/C33H38F2N4O3S/c34-25-13-11-22(12-14-25)31(24-10-9-21-4-1-5-23(21)18-24)32(36)33(40)38-30-8-2-7-29(35)28(30)16-15-27-19-37-26-6-3-17-43(41,42)39(27)20-26/h2,7-14,18,26-27,31-32,37H,1,3-6,15-17,19-20,36H2,(H,38,40)/t26?,27?,31-,32-/m0/s1. The lowest BCUT2D eigenvalue weighted by Gasteiger charge is -2.37. The summed E-state index contributed by atoms with van der Waals surface area (Å²) in [4.78, 5) is 13.7. The van der Waals surface area contributed by atoms with Crippen LogP contribution >= 0.6 is 0 Å². The quantitative estimate of drug-likeness (QED) is 0.355. The Bertz CT molecular complexity index is 1600. The number of nitrogens with two attached hydrogens (primary N) is 1. The molecule has 3 unspecified atom stereocenters. The third-order valence-corrected chi connectivity index (χ3v) is 11.2. The first-order chi connectivity index (χ1) is 20.7. The van der Waals surface area contributed by atoms with Gasteiger partial charge >= 0.3 is 0 Å². The van der Waals surface area contributed by atoms with Crippen molar-refractivity contribution in [2.75, 3.05) is 24.2 Å². The van der Waals surface area contributed by atoms with E-state index in [1.54, 1.807) is 22.5 Å². The van der Waals surface area contributed by atoms with Crippen molar-refractivity contribution < 1.29 is 22.0 Å². The van der Waals surface area contributed by atoms with Crippen LogP contribution in [0.1, 0.15) is 59.4 Å². The zero-order valence-electron chi connectivity index (χ0n) is 24.1. The van der Waals surface area contributed by atoms with Crippen LogP contribution in [-0.2, 0) is 34.1 Å². The Balaban J connectivity index is 1.23. The normalized spacial score (nSPS) is 24.0. The van der Waals surface area contributed by atoms with Crippen LogP contribution in [0.15, 0.2) is 60.7 Å². The minimum atomic E-state index is -3.37. The number of hydrogen-bond acceptors (Lipinski definition) is 5. The first kappa shape index (κ1) is 29.9. The number of nitrogens with zero attached hydrogens (tertiary/aromatic N) is 1. The molecule has 228 valence electrons. The highest BCUT2D eigenvalue weighted by atomic mass is 32.2. The summed E-state index contributed by atoms with van der Waals surface area (Å²) in [6, 6.07) is 15.5. The van der Waals surface area contributed by atoms with Crippen LogP contribution in [0.4, 0.5) is 14.5 Å². The average Bonchev–Trinajstić information content (AvgIpc) is 3.42. The van der Waals surface area contributed by atoms with Crippen molar-refractivity contribution >= 4 is 21.6 Å². The van der Waals surface area contributed by atoms with E-state index in [0.29, 0.717) is 42.7 Å². The number of aryl methyl sites for hydroxylation is 2. The fourth-order valence-electron chi connectivity index (χ4n) is 6.92. The highest BCUT2D eigenvalue weighted by molar-refractivity contribution is 7.89. The molecular weight excluding hydrogens is 570 g/mol. The van der Waals surface area contributed by atoms with Gasteiger partial charge in [-0.2, -0.15) is 4.31 Å². The molecule has 1 aliphatic carbocycles. The molecule has 2 aliphatic heterocycles. The molecule has 2 fully saturated rings. The van der Waals surface area contributed by atoms with Gasteiger partial charge in [0.2, 0.25) is 15.9 Å². The molecular formula is C33H38F2N4O3S. The van der Waals surface area contributed by atoms with Crippen molar-refractivity contribution in [2.24, 2.45) is 5.73 Å². The lowest BCUT2D eigenvalue weighted by Crippen LogP contribution is -2.57.